The molecule has 0 fully saturated rings. The fraction of sp³-hybridized carbons (Fsp3) is 0.300. The third-order valence-electron chi connectivity index (χ3n) is 1.84. The van der Waals surface area contributed by atoms with Crippen molar-refractivity contribution in [2.75, 3.05) is 0 Å². The molecule has 0 atom stereocenters. The van der Waals surface area contributed by atoms with Crippen LogP contribution in [0.5, 0.6) is 0 Å². The van der Waals surface area contributed by atoms with E-state index in [4.69, 9.17) is 5.11 Å². The predicted octanol–water partition coefficient (Wildman–Crippen LogP) is 3.32. The fourth-order valence-corrected chi connectivity index (χ4v) is 1.85. The second-order valence-corrected chi connectivity index (χ2v) is 4.21. The van der Waals surface area contributed by atoms with Crippen LogP contribution in [0.25, 0.3) is 0 Å². The summed E-state index contributed by atoms with van der Waals surface area (Å²) in [6.07, 6.45) is -1.19. The van der Waals surface area contributed by atoms with E-state index in [2.05, 4.69) is 15.9 Å². The highest BCUT2D eigenvalue weighted by atomic mass is 79.9. The van der Waals surface area contributed by atoms with Gasteiger partial charge in [-0.25, -0.2) is 8.78 Å². The van der Waals surface area contributed by atoms with Crippen LogP contribution in [0.4, 0.5) is 8.78 Å². The standard InChI is InChI=1S/C10H9BrF2O2/c1-6-2-7(4-8(11)3-6)10(12,13)5-9(14)15/h2-4H,5H2,1H3,(H,14,15). The summed E-state index contributed by atoms with van der Waals surface area (Å²) in [5, 5.41) is 8.36. The number of carbonyl (C=O) groups is 1. The third-order valence-corrected chi connectivity index (χ3v) is 2.30. The number of aryl methyl sites for hydroxylation is 1. The summed E-state index contributed by atoms with van der Waals surface area (Å²) in [6, 6.07) is 4.20. The zero-order valence-electron chi connectivity index (χ0n) is 7.93. The number of benzene rings is 1. The molecule has 0 saturated carbocycles. The van der Waals surface area contributed by atoms with E-state index >= 15 is 0 Å². The normalized spacial score (nSPS) is 11.5. The van der Waals surface area contributed by atoms with Gasteiger partial charge < -0.3 is 5.11 Å². The van der Waals surface area contributed by atoms with Crippen molar-refractivity contribution >= 4 is 21.9 Å². The van der Waals surface area contributed by atoms with Gasteiger partial charge in [0.1, 0.15) is 6.42 Å². The molecule has 5 heteroatoms. The van der Waals surface area contributed by atoms with E-state index in [1.165, 1.54) is 12.1 Å². The minimum Gasteiger partial charge on any atom is -0.481 e. The molecule has 0 amide bonds. The topological polar surface area (TPSA) is 37.3 Å². The Labute approximate surface area is 94.0 Å². The smallest absolute Gasteiger partial charge is 0.309 e. The van der Waals surface area contributed by atoms with Gasteiger partial charge in [0, 0.05) is 10.0 Å². The largest absolute Gasteiger partial charge is 0.481 e. The van der Waals surface area contributed by atoms with Crippen LogP contribution in [0.15, 0.2) is 22.7 Å². The van der Waals surface area contributed by atoms with Crippen LogP contribution in [0.2, 0.25) is 0 Å². The molecule has 0 unspecified atom stereocenters. The Morgan fingerprint density at radius 2 is 2.07 bits per heavy atom. The van der Waals surface area contributed by atoms with Crippen molar-refractivity contribution in [1.82, 2.24) is 0 Å². The van der Waals surface area contributed by atoms with E-state index in [9.17, 15) is 13.6 Å². The van der Waals surface area contributed by atoms with Crippen molar-refractivity contribution in [3.8, 4) is 0 Å². The van der Waals surface area contributed by atoms with Crippen LogP contribution in [0.1, 0.15) is 17.5 Å². The van der Waals surface area contributed by atoms with Gasteiger partial charge in [0.2, 0.25) is 0 Å². The van der Waals surface area contributed by atoms with E-state index in [-0.39, 0.29) is 5.56 Å². The summed E-state index contributed by atoms with van der Waals surface area (Å²) < 4.78 is 27.2. The number of rotatable bonds is 3. The average molecular weight is 279 g/mol. The SMILES string of the molecule is Cc1cc(Br)cc(C(F)(F)CC(=O)O)c1. The molecule has 0 bridgehead atoms. The lowest BCUT2D eigenvalue weighted by molar-refractivity contribution is -0.145. The molecule has 0 spiro atoms. The molecule has 0 aromatic heterocycles. The minimum absolute atomic E-state index is 0.281. The molecule has 1 rings (SSSR count). The predicted molar refractivity (Wildman–Crippen MR) is 55.0 cm³/mol. The molecule has 1 aromatic rings. The lowest BCUT2D eigenvalue weighted by atomic mass is 10.0. The number of aliphatic carboxylic acids is 1. The zero-order chi connectivity index (χ0) is 11.6. The van der Waals surface area contributed by atoms with Crippen molar-refractivity contribution in [2.24, 2.45) is 0 Å². The Morgan fingerprint density at radius 3 is 2.53 bits per heavy atom. The first-order valence-electron chi connectivity index (χ1n) is 4.18. The molecule has 15 heavy (non-hydrogen) atoms. The molecule has 0 heterocycles. The van der Waals surface area contributed by atoms with Crippen LogP contribution in [-0.4, -0.2) is 11.1 Å². The number of halogens is 3. The maximum absolute atomic E-state index is 13.4. The van der Waals surface area contributed by atoms with Gasteiger partial charge in [-0.05, 0) is 24.6 Å². The van der Waals surface area contributed by atoms with E-state index in [0.717, 1.165) is 0 Å². The van der Waals surface area contributed by atoms with Gasteiger partial charge >= 0.3 is 5.97 Å². The Hall–Kier alpha value is -0.970. The average Bonchev–Trinajstić information content (AvgIpc) is 1.99. The van der Waals surface area contributed by atoms with Crippen LogP contribution in [-0.2, 0) is 10.7 Å². The highest BCUT2D eigenvalue weighted by Crippen LogP contribution is 2.33. The summed E-state index contributed by atoms with van der Waals surface area (Å²) in [5.74, 6) is -4.85. The molecule has 0 aliphatic carbocycles. The van der Waals surface area contributed by atoms with E-state index in [0.29, 0.717) is 10.0 Å². The highest BCUT2D eigenvalue weighted by molar-refractivity contribution is 9.10. The van der Waals surface area contributed by atoms with Crippen LogP contribution in [0, 0.1) is 6.92 Å². The van der Waals surface area contributed by atoms with Crippen molar-refractivity contribution < 1.29 is 18.7 Å². The highest BCUT2D eigenvalue weighted by Gasteiger charge is 2.34. The Kier molecular flexibility index (Phi) is 3.44. The summed E-state index contributed by atoms with van der Waals surface area (Å²) in [6.45, 7) is 1.67. The van der Waals surface area contributed by atoms with Crippen molar-refractivity contribution in [3.05, 3.63) is 33.8 Å². The number of hydrogen-bond donors (Lipinski definition) is 1. The Morgan fingerprint density at radius 1 is 1.47 bits per heavy atom. The molecule has 1 aromatic carbocycles. The molecule has 0 aliphatic heterocycles. The molecule has 0 aliphatic rings. The first kappa shape index (κ1) is 12.1. The van der Waals surface area contributed by atoms with Crippen LogP contribution in [0.3, 0.4) is 0 Å². The number of hydrogen-bond acceptors (Lipinski definition) is 1. The molecule has 0 saturated heterocycles. The zero-order valence-corrected chi connectivity index (χ0v) is 9.51. The third kappa shape index (κ3) is 3.27. The van der Waals surface area contributed by atoms with Crippen LogP contribution < -0.4 is 0 Å². The molecular weight excluding hydrogens is 270 g/mol. The van der Waals surface area contributed by atoms with Gasteiger partial charge in [-0.15, -0.1) is 0 Å². The van der Waals surface area contributed by atoms with Crippen molar-refractivity contribution in [2.45, 2.75) is 19.3 Å². The minimum atomic E-state index is -3.33. The van der Waals surface area contributed by atoms with Gasteiger partial charge in [0.25, 0.3) is 5.92 Å². The van der Waals surface area contributed by atoms with Crippen LogP contribution >= 0.6 is 15.9 Å². The number of carboxylic acid groups (broad SMARTS) is 1. The quantitative estimate of drug-likeness (QED) is 0.921. The van der Waals surface area contributed by atoms with Crippen molar-refractivity contribution in [1.29, 1.82) is 0 Å². The summed E-state index contributed by atoms with van der Waals surface area (Å²) in [4.78, 5) is 10.3. The lowest BCUT2D eigenvalue weighted by Gasteiger charge is -2.15. The van der Waals surface area contributed by atoms with E-state index in [1.54, 1.807) is 13.0 Å². The fourth-order valence-electron chi connectivity index (χ4n) is 1.24. The molecular formula is C10H9BrF2O2. The maximum Gasteiger partial charge on any atom is 0.309 e. The second kappa shape index (κ2) is 4.26. The number of carboxylic acids is 1. The van der Waals surface area contributed by atoms with Gasteiger partial charge in [0.05, 0.1) is 0 Å². The molecule has 1 N–H and O–H groups in total. The second-order valence-electron chi connectivity index (χ2n) is 3.29. The van der Waals surface area contributed by atoms with Gasteiger partial charge in [-0.1, -0.05) is 22.0 Å². The lowest BCUT2D eigenvalue weighted by Crippen LogP contribution is -2.18. The Bertz CT molecular complexity index is 371. The number of alkyl halides is 2. The first-order valence-corrected chi connectivity index (χ1v) is 4.98. The van der Waals surface area contributed by atoms with Gasteiger partial charge in [-0.3, -0.25) is 4.79 Å². The summed E-state index contributed by atoms with van der Waals surface area (Å²) in [5.41, 5.74) is 0.376. The Balaban J connectivity index is 3.08. The van der Waals surface area contributed by atoms with Gasteiger partial charge in [-0.2, -0.15) is 0 Å². The molecule has 0 radical (unpaired) electrons. The monoisotopic (exact) mass is 278 g/mol. The maximum atomic E-state index is 13.4. The van der Waals surface area contributed by atoms with Gasteiger partial charge in [0.15, 0.2) is 0 Å². The van der Waals surface area contributed by atoms with E-state index < -0.39 is 18.3 Å². The molecule has 2 nitrogen and oxygen atoms in total. The first-order chi connectivity index (χ1) is 6.81. The summed E-state index contributed by atoms with van der Waals surface area (Å²) >= 11 is 3.09. The summed E-state index contributed by atoms with van der Waals surface area (Å²) in [7, 11) is 0. The van der Waals surface area contributed by atoms with E-state index in [1.807, 2.05) is 0 Å². The van der Waals surface area contributed by atoms with Crippen molar-refractivity contribution in [3.63, 3.8) is 0 Å². The molecule has 82 valence electrons.